The SMILES string of the molecule is Cc1onc(-c2ccccc2Cl)c1C(=O)NCC1CCN(C(=O)Nc2ccc(F)cc2)CC1. The number of anilines is 1. The van der Waals surface area contributed by atoms with Crippen LogP contribution in [0.4, 0.5) is 14.9 Å². The van der Waals surface area contributed by atoms with Gasteiger partial charge in [0.2, 0.25) is 0 Å². The number of rotatable bonds is 5. The number of likely N-dealkylation sites (tertiary alicyclic amines) is 1. The van der Waals surface area contributed by atoms with Gasteiger partial charge in [0, 0.05) is 30.9 Å². The summed E-state index contributed by atoms with van der Waals surface area (Å²) in [7, 11) is 0. The van der Waals surface area contributed by atoms with Crippen molar-refractivity contribution in [2.45, 2.75) is 19.8 Å². The second kappa shape index (κ2) is 10.0. The van der Waals surface area contributed by atoms with E-state index in [1.165, 1.54) is 24.3 Å². The molecule has 4 rings (SSSR count). The summed E-state index contributed by atoms with van der Waals surface area (Å²) < 4.78 is 18.3. The molecule has 0 unspecified atom stereocenters. The normalized spacial score (nSPS) is 14.2. The molecule has 0 bridgehead atoms. The van der Waals surface area contributed by atoms with Crippen molar-refractivity contribution in [2.24, 2.45) is 5.92 Å². The molecule has 3 amide bonds. The lowest BCUT2D eigenvalue weighted by Crippen LogP contribution is -2.43. The van der Waals surface area contributed by atoms with Crippen LogP contribution in [0.5, 0.6) is 0 Å². The quantitative estimate of drug-likeness (QED) is 0.542. The monoisotopic (exact) mass is 470 g/mol. The Morgan fingerprint density at radius 2 is 1.85 bits per heavy atom. The molecule has 0 aliphatic carbocycles. The van der Waals surface area contributed by atoms with E-state index in [2.05, 4.69) is 15.8 Å². The molecule has 7 nitrogen and oxygen atoms in total. The third-order valence-electron chi connectivity index (χ3n) is 5.77. The Balaban J connectivity index is 1.30. The van der Waals surface area contributed by atoms with Gasteiger partial charge in [-0.05, 0) is 56.0 Å². The maximum Gasteiger partial charge on any atom is 0.321 e. The Morgan fingerprint density at radius 1 is 1.15 bits per heavy atom. The molecule has 2 aromatic carbocycles. The molecule has 1 aromatic heterocycles. The Bertz CT molecular complexity index is 1140. The van der Waals surface area contributed by atoms with Gasteiger partial charge in [-0.1, -0.05) is 35.0 Å². The zero-order valence-electron chi connectivity index (χ0n) is 18.1. The van der Waals surface area contributed by atoms with Gasteiger partial charge in [-0.25, -0.2) is 9.18 Å². The van der Waals surface area contributed by atoms with Crippen LogP contribution in [0.2, 0.25) is 5.02 Å². The maximum atomic E-state index is 13.0. The van der Waals surface area contributed by atoms with Gasteiger partial charge in [-0.2, -0.15) is 0 Å². The molecule has 1 aliphatic rings. The number of hydrogen-bond acceptors (Lipinski definition) is 4. The smallest absolute Gasteiger partial charge is 0.321 e. The van der Waals surface area contributed by atoms with Crippen molar-refractivity contribution in [3.05, 3.63) is 70.7 Å². The highest BCUT2D eigenvalue weighted by atomic mass is 35.5. The molecule has 1 saturated heterocycles. The van der Waals surface area contributed by atoms with Gasteiger partial charge in [-0.15, -0.1) is 0 Å². The van der Waals surface area contributed by atoms with Crippen LogP contribution in [-0.4, -0.2) is 41.6 Å². The first-order chi connectivity index (χ1) is 15.9. The second-order valence-corrected chi connectivity index (χ2v) is 8.43. The van der Waals surface area contributed by atoms with E-state index >= 15 is 0 Å². The molecule has 9 heteroatoms. The third-order valence-corrected chi connectivity index (χ3v) is 6.10. The van der Waals surface area contributed by atoms with E-state index in [0.29, 0.717) is 52.9 Å². The first-order valence-electron chi connectivity index (χ1n) is 10.7. The number of aryl methyl sites for hydroxylation is 1. The van der Waals surface area contributed by atoms with Crippen LogP contribution >= 0.6 is 11.6 Å². The number of benzene rings is 2. The lowest BCUT2D eigenvalue weighted by Gasteiger charge is -2.32. The minimum atomic E-state index is -0.351. The van der Waals surface area contributed by atoms with Crippen molar-refractivity contribution in [3.8, 4) is 11.3 Å². The minimum Gasteiger partial charge on any atom is -0.360 e. The molecular weight excluding hydrogens is 447 g/mol. The van der Waals surface area contributed by atoms with Crippen LogP contribution in [0.1, 0.15) is 29.0 Å². The standard InChI is InChI=1S/C24H24ClFN4O3/c1-15-21(22(29-33-15)19-4-2-3-5-20(19)25)23(31)27-14-16-10-12-30(13-11-16)24(32)28-18-8-6-17(26)7-9-18/h2-9,16H,10-14H2,1H3,(H,27,31)(H,28,32). The lowest BCUT2D eigenvalue weighted by atomic mass is 9.96. The number of carbonyl (C=O) groups is 2. The average Bonchev–Trinajstić information content (AvgIpc) is 3.20. The molecule has 3 aromatic rings. The average molecular weight is 471 g/mol. The molecule has 2 N–H and O–H groups in total. The van der Waals surface area contributed by atoms with Gasteiger partial charge >= 0.3 is 6.03 Å². The third kappa shape index (κ3) is 5.34. The summed E-state index contributed by atoms with van der Waals surface area (Å²) >= 11 is 6.27. The number of nitrogens with one attached hydrogen (secondary N) is 2. The number of urea groups is 1. The lowest BCUT2D eigenvalue weighted by molar-refractivity contribution is 0.0937. The molecule has 2 heterocycles. The van der Waals surface area contributed by atoms with Gasteiger partial charge in [0.1, 0.15) is 22.8 Å². The molecule has 33 heavy (non-hydrogen) atoms. The number of carbonyl (C=O) groups excluding carboxylic acids is 2. The van der Waals surface area contributed by atoms with Gasteiger partial charge in [0.25, 0.3) is 5.91 Å². The van der Waals surface area contributed by atoms with Crippen molar-refractivity contribution < 1.29 is 18.5 Å². The Hall–Kier alpha value is -3.39. The van der Waals surface area contributed by atoms with E-state index in [-0.39, 0.29) is 23.7 Å². The number of nitrogens with zero attached hydrogens (tertiary/aromatic N) is 2. The highest BCUT2D eigenvalue weighted by molar-refractivity contribution is 6.33. The van der Waals surface area contributed by atoms with Crippen molar-refractivity contribution >= 4 is 29.2 Å². The summed E-state index contributed by atoms with van der Waals surface area (Å²) in [4.78, 5) is 27.1. The van der Waals surface area contributed by atoms with Crippen molar-refractivity contribution in [3.63, 3.8) is 0 Å². The molecule has 0 atom stereocenters. The molecule has 0 saturated carbocycles. The number of piperidine rings is 1. The zero-order chi connectivity index (χ0) is 23.4. The maximum absolute atomic E-state index is 13.0. The van der Waals surface area contributed by atoms with Crippen LogP contribution < -0.4 is 10.6 Å². The van der Waals surface area contributed by atoms with Crippen molar-refractivity contribution in [1.82, 2.24) is 15.4 Å². The first kappa shape index (κ1) is 22.8. The highest BCUT2D eigenvalue weighted by Gasteiger charge is 2.26. The molecule has 172 valence electrons. The van der Waals surface area contributed by atoms with Crippen LogP contribution in [0.25, 0.3) is 11.3 Å². The van der Waals surface area contributed by atoms with E-state index in [4.69, 9.17) is 16.1 Å². The number of hydrogen-bond donors (Lipinski definition) is 2. The van der Waals surface area contributed by atoms with E-state index in [0.717, 1.165) is 12.8 Å². The fourth-order valence-corrected chi connectivity index (χ4v) is 4.10. The summed E-state index contributed by atoms with van der Waals surface area (Å²) in [5, 5.41) is 10.3. The predicted molar refractivity (Wildman–Crippen MR) is 124 cm³/mol. The van der Waals surface area contributed by atoms with Gasteiger partial charge in [-0.3, -0.25) is 4.79 Å². The van der Waals surface area contributed by atoms with Gasteiger partial charge < -0.3 is 20.1 Å². The molecule has 1 aliphatic heterocycles. The summed E-state index contributed by atoms with van der Waals surface area (Å²) in [6.45, 7) is 3.33. The Morgan fingerprint density at radius 3 is 2.55 bits per heavy atom. The highest BCUT2D eigenvalue weighted by Crippen LogP contribution is 2.31. The number of halogens is 2. The second-order valence-electron chi connectivity index (χ2n) is 8.02. The summed E-state index contributed by atoms with van der Waals surface area (Å²) in [5.74, 6) is 0.0545. The summed E-state index contributed by atoms with van der Waals surface area (Å²) in [5.41, 5.74) is 1.98. The largest absolute Gasteiger partial charge is 0.360 e. The van der Waals surface area contributed by atoms with Crippen LogP contribution in [0, 0.1) is 18.7 Å². The first-order valence-corrected chi connectivity index (χ1v) is 11.1. The molecule has 0 radical (unpaired) electrons. The number of aromatic nitrogens is 1. The fourth-order valence-electron chi connectivity index (χ4n) is 3.88. The van der Waals surface area contributed by atoms with Crippen LogP contribution in [0.3, 0.4) is 0 Å². The topological polar surface area (TPSA) is 87.5 Å². The van der Waals surface area contributed by atoms with Gasteiger partial charge in [0.15, 0.2) is 0 Å². The summed E-state index contributed by atoms with van der Waals surface area (Å²) in [6.07, 6.45) is 1.52. The zero-order valence-corrected chi connectivity index (χ0v) is 18.9. The van der Waals surface area contributed by atoms with E-state index in [1.54, 1.807) is 24.0 Å². The van der Waals surface area contributed by atoms with Crippen LogP contribution in [-0.2, 0) is 0 Å². The number of amides is 3. The van der Waals surface area contributed by atoms with Crippen molar-refractivity contribution in [1.29, 1.82) is 0 Å². The van der Waals surface area contributed by atoms with Crippen molar-refractivity contribution in [2.75, 3.05) is 25.0 Å². The predicted octanol–water partition coefficient (Wildman–Crippen LogP) is 5.12. The Kier molecular flexibility index (Phi) is 6.93. The molecule has 0 spiro atoms. The minimum absolute atomic E-state index is 0.214. The van der Waals surface area contributed by atoms with E-state index in [1.807, 2.05) is 12.1 Å². The fraction of sp³-hybridized carbons (Fsp3) is 0.292. The van der Waals surface area contributed by atoms with Gasteiger partial charge in [0.05, 0.1) is 5.02 Å². The summed E-state index contributed by atoms with van der Waals surface area (Å²) in [6, 6.07) is 12.6. The Labute approximate surface area is 195 Å². The van der Waals surface area contributed by atoms with E-state index < -0.39 is 0 Å². The molecular formula is C24H24ClFN4O3. The van der Waals surface area contributed by atoms with E-state index in [9.17, 15) is 14.0 Å². The molecule has 1 fully saturated rings. The van der Waals surface area contributed by atoms with Crippen LogP contribution in [0.15, 0.2) is 53.1 Å².